The van der Waals surface area contributed by atoms with Crippen molar-refractivity contribution in [1.29, 1.82) is 0 Å². The number of hydrogen-bond acceptors (Lipinski definition) is 2. The number of ether oxygens (including phenoxy) is 1. The predicted octanol–water partition coefficient (Wildman–Crippen LogP) is 3.54. The molecule has 1 aromatic carbocycles. The Morgan fingerprint density at radius 1 is 1.22 bits per heavy atom. The highest BCUT2D eigenvalue weighted by molar-refractivity contribution is 14.1. The van der Waals surface area contributed by atoms with Gasteiger partial charge in [0.25, 0.3) is 0 Å². The van der Waals surface area contributed by atoms with Crippen molar-refractivity contribution in [2.24, 2.45) is 0 Å². The van der Waals surface area contributed by atoms with Gasteiger partial charge in [-0.2, -0.15) is 5.10 Å². The first kappa shape index (κ1) is 12.2. The highest BCUT2D eigenvalue weighted by Gasteiger charge is 2.27. The molecule has 1 saturated carbocycles. The van der Waals surface area contributed by atoms with E-state index in [1.165, 1.54) is 27.7 Å². The second-order valence-corrected chi connectivity index (χ2v) is 5.76. The zero-order valence-electron chi connectivity index (χ0n) is 10.1. The van der Waals surface area contributed by atoms with E-state index in [2.05, 4.69) is 44.5 Å². The van der Waals surface area contributed by atoms with Crippen LogP contribution in [-0.4, -0.2) is 9.78 Å². The molecular weight excluding hydrogens is 339 g/mol. The smallest absolute Gasteiger partial charge is 0.0900 e. The van der Waals surface area contributed by atoms with E-state index in [-0.39, 0.29) is 0 Å². The molecule has 1 fully saturated rings. The van der Waals surface area contributed by atoms with Crippen LogP contribution in [0, 0.1) is 3.57 Å². The number of nitrogens with zero attached hydrogens (tertiary/aromatic N) is 2. The van der Waals surface area contributed by atoms with E-state index in [0.717, 1.165) is 0 Å². The van der Waals surface area contributed by atoms with Crippen LogP contribution in [0.15, 0.2) is 36.5 Å². The molecule has 0 unspecified atom stereocenters. The van der Waals surface area contributed by atoms with Gasteiger partial charge in [0.05, 0.1) is 34.7 Å². The molecule has 94 valence electrons. The van der Waals surface area contributed by atoms with E-state index >= 15 is 0 Å². The van der Waals surface area contributed by atoms with E-state index in [4.69, 9.17) is 4.74 Å². The molecule has 1 heterocycles. The Morgan fingerprint density at radius 2 is 2.00 bits per heavy atom. The fraction of sp³-hybridized carbons (Fsp3) is 0.357. The first-order chi connectivity index (χ1) is 8.84. The molecule has 2 aromatic rings. The number of halogens is 1. The van der Waals surface area contributed by atoms with Gasteiger partial charge in [0, 0.05) is 0 Å². The van der Waals surface area contributed by atoms with Crippen LogP contribution in [-0.2, 0) is 18.0 Å². The Balaban J connectivity index is 1.61. The second kappa shape index (κ2) is 5.40. The van der Waals surface area contributed by atoms with Crippen molar-refractivity contribution in [3.8, 4) is 0 Å². The lowest BCUT2D eigenvalue weighted by molar-refractivity contribution is 0.101. The summed E-state index contributed by atoms with van der Waals surface area (Å²) in [6, 6.07) is 10.9. The zero-order chi connectivity index (χ0) is 12.4. The molecule has 0 amide bonds. The van der Waals surface area contributed by atoms with Crippen molar-refractivity contribution >= 4 is 22.6 Å². The van der Waals surface area contributed by atoms with Crippen LogP contribution in [0.4, 0.5) is 0 Å². The van der Waals surface area contributed by atoms with Gasteiger partial charge in [-0.05, 0) is 41.0 Å². The van der Waals surface area contributed by atoms with E-state index in [0.29, 0.717) is 19.3 Å². The van der Waals surface area contributed by atoms with Gasteiger partial charge in [-0.15, -0.1) is 0 Å². The van der Waals surface area contributed by atoms with Crippen LogP contribution < -0.4 is 0 Å². The van der Waals surface area contributed by atoms with Crippen LogP contribution in [0.1, 0.15) is 30.1 Å². The van der Waals surface area contributed by atoms with Crippen molar-refractivity contribution in [3.05, 3.63) is 51.4 Å². The van der Waals surface area contributed by atoms with Crippen molar-refractivity contribution in [1.82, 2.24) is 9.78 Å². The van der Waals surface area contributed by atoms with Gasteiger partial charge in [-0.3, -0.25) is 4.68 Å². The topological polar surface area (TPSA) is 27.1 Å². The summed E-state index contributed by atoms with van der Waals surface area (Å²) in [6.45, 7) is 1.30. The summed E-state index contributed by atoms with van der Waals surface area (Å²) < 4.78 is 9.13. The lowest BCUT2D eigenvalue weighted by atomic mass is 10.2. The molecule has 1 aliphatic rings. The van der Waals surface area contributed by atoms with Crippen molar-refractivity contribution in [3.63, 3.8) is 0 Å². The summed E-state index contributed by atoms with van der Waals surface area (Å²) >= 11 is 2.33. The number of aromatic nitrogens is 2. The molecule has 1 aliphatic carbocycles. The van der Waals surface area contributed by atoms with Crippen LogP contribution >= 0.6 is 22.6 Å². The largest absolute Gasteiger partial charge is 0.370 e. The minimum Gasteiger partial charge on any atom is -0.370 e. The summed E-state index contributed by atoms with van der Waals surface area (Å²) in [4.78, 5) is 0. The Bertz CT molecular complexity index is 520. The first-order valence-electron chi connectivity index (χ1n) is 6.18. The normalized spacial score (nSPS) is 14.9. The summed E-state index contributed by atoms with van der Waals surface area (Å²) in [7, 11) is 0. The third-order valence-corrected chi connectivity index (χ3v) is 3.99. The number of benzene rings is 1. The molecule has 3 nitrogen and oxygen atoms in total. The summed E-state index contributed by atoms with van der Waals surface area (Å²) in [5.41, 5.74) is 2.43. The summed E-state index contributed by atoms with van der Waals surface area (Å²) in [5.74, 6) is 0. The molecule has 4 heteroatoms. The summed E-state index contributed by atoms with van der Waals surface area (Å²) in [6.07, 6.45) is 4.44. The highest BCUT2D eigenvalue weighted by Crippen LogP contribution is 2.36. The van der Waals surface area contributed by atoms with Gasteiger partial charge < -0.3 is 4.74 Å². The van der Waals surface area contributed by atoms with E-state index in [9.17, 15) is 0 Å². The maximum Gasteiger partial charge on any atom is 0.0900 e. The molecule has 18 heavy (non-hydrogen) atoms. The standard InChI is InChI=1S/C14H15IN2O/c15-13-8-16-17(12-6-7-12)14(13)10-18-9-11-4-2-1-3-5-11/h1-5,8,12H,6-7,9-10H2. The van der Waals surface area contributed by atoms with Crippen molar-refractivity contribution < 1.29 is 4.74 Å². The monoisotopic (exact) mass is 354 g/mol. The van der Waals surface area contributed by atoms with Crippen LogP contribution in [0.2, 0.25) is 0 Å². The average Bonchev–Trinajstić information content (AvgIpc) is 3.17. The lowest BCUT2D eigenvalue weighted by Crippen LogP contribution is -2.05. The van der Waals surface area contributed by atoms with Crippen LogP contribution in [0.3, 0.4) is 0 Å². The summed E-state index contributed by atoms with van der Waals surface area (Å²) in [5, 5.41) is 4.43. The second-order valence-electron chi connectivity index (χ2n) is 4.59. The molecule has 0 atom stereocenters. The van der Waals surface area contributed by atoms with Gasteiger partial charge in [0.1, 0.15) is 0 Å². The SMILES string of the molecule is Ic1cnn(C2CC2)c1COCc1ccccc1. The molecule has 0 bridgehead atoms. The van der Waals surface area contributed by atoms with E-state index < -0.39 is 0 Å². The first-order valence-corrected chi connectivity index (χ1v) is 7.26. The third-order valence-electron chi connectivity index (χ3n) is 3.09. The quantitative estimate of drug-likeness (QED) is 0.768. The number of rotatable bonds is 5. The van der Waals surface area contributed by atoms with E-state index in [1.807, 2.05) is 24.4 Å². The Morgan fingerprint density at radius 3 is 2.72 bits per heavy atom. The fourth-order valence-corrected chi connectivity index (χ4v) is 2.50. The molecular formula is C14H15IN2O. The molecule has 0 radical (unpaired) electrons. The Kier molecular flexibility index (Phi) is 3.65. The Labute approximate surface area is 120 Å². The molecule has 0 spiro atoms. The van der Waals surface area contributed by atoms with Crippen LogP contribution in [0.5, 0.6) is 0 Å². The van der Waals surface area contributed by atoms with Crippen molar-refractivity contribution in [2.75, 3.05) is 0 Å². The van der Waals surface area contributed by atoms with Gasteiger partial charge in [-0.25, -0.2) is 0 Å². The molecule has 0 aliphatic heterocycles. The fourth-order valence-electron chi connectivity index (χ4n) is 1.98. The van der Waals surface area contributed by atoms with Gasteiger partial charge >= 0.3 is 0 Å². The third kappa shape index (κ3) is 2.75. The molecule has 0 N–H and O–H groups in total. The minimum atomic E-state index is 0.615. The minimum absolute atomic E-state index is 0.615. The number of hydrogen-bond donors (Lipinski definition) is 0. The lowest BCUT2D eigenvalue weighted by Gasteiger charge is -2.08. The molecule has 0 saturated heterocycles. The maximum atomic E-state index is 5.80. The maximum absolute atomic E-state index is 5.80. The molecule has 3 rings (SSSR count). The molecule has 1 aromatic heterocycles. The van der Waals surface area contributed by atoms with Crippen LogP contribution in [0.25, 0.3) is 0 Å². The zero-order valence-corrected chi connectivity index (χ0v) is 12.2. The van der Waals surface area contributed by atoms with Gasteiger partial charge in [0.15, 0.2) is 0 Å². The average molecular weight is 354 g/mol. The van der Waals surface area contributed by atoms with Gasteiger partial charge in [-0.1, -0.05) is 30.3 Å². The van der Waals surface area contributed by atoms with Gasteiger partial charge in [0.2, 0.25) is 0 Å². The highest BCUT2D eigenvalue weighted by atomic mass is 127. The predicted molar refractivity (Wildman–Crippen MR) is 78.2 cm³/mol. The van der Waals surface area contributed by atoms with E-state index in [1.54, 1.807) is 0 Å². The van der Waals surface area contributed by atoms with Crippen molar-refractivity contribution in [2.45, 2.75) is 32.1 Å². The Hall–Kier alpha value is -0.880.